The van der Waals surface area contributed by atoms with Gasteiger partial charge < -0.3 is 18.0 Å². The van der Waals surface area contributed by atoms with Crippen molar-refractivity contribution in [1.82, 2.24) is 4.90 Å². The SMILES string of the molecule is CO[Si](CCCN1C=[N+](C(C)(C)C(=O)OC(C)(C)C)CC1)(OC)OC. The molecule has 0 fully saturated rings. The number of esters is 1. The zero-order valence-corrected chi connectivity index (χ0v) is 18.0. The Labute approximate surface area is 153 Å². The normalized spacial score (nSPS) is 16.2. The van der Waals surface area contributed by atoms with Crippen LogP contribution < -0.4 is 0 Å². The van der Waals surface area contributed by atoms with Crippen molar-refractivity contribution in [3.05, 3.63) is 0 Å². The highest BCUT2D eigenvalue weighted by Gasteiger charge is 2.42. The van der Waals surface area contributed by atoms with E-state index >= 15 is 0 Å². The molecule has 0 aromatic carbocycles. The van der Waals surface area contributed by atoms with Crippen molar-refractivity contribution in [2.75, 3.05) is 41.0 Å². The van der Waals surface area contributed by atoms with Gasteiger partial charge >= 0.3 is 14.8 Å². The molecule has 0 aliphatic carbocycles. The average molecular weight is 376 g/mol. The van der Waals surface area contributed by atoms with E-state index in [0.29, 0.717) is 0 Å². The van der Waals surface area contributed by atoms with Gasteiger partial charge in [0.15, 0.2) is 5.54 Å². The zero-order chi connectivity index (χ0) is 19.3. The lowest BCUT2D eigenvalue weighted by Crippen LogP contribution is -2.47. The summed E-state index contributed by atoms with van der Waals surface area (Å²) in [6.45, 7) is 12.0. The second kappa shape index (κ2) is 8.61. The van der Waals surface area contributed by atoms with Crippen molar-refractivity contribution in [2.45, 2.75) is 58.2 Å². The summed E-state index contributed by atoms with van der Waals surface area (Å²) in [6.07, 6.45) is 2.93. The van der Waals surface area contributed by atoms with Crippen LogP contribution in [-0.2, 0) is 22.8 Å². The second-order valence-corrected chi connectivity index (χ2v) is 10.9. The molecule has 25 heavy (non-hydrogen) atoms. The smallest absolute Gasteiger partial charge is 0.457 e. The van der Waals surface area contributed by atoms with Gasteiger partial charge in [-0.15, -0.1) is 0 Å². The van der Waals surface area contributed by atoms with Crippen LogP contribution in [0.15, 0.2) is 0 Å². The first-order chi connectivity index (χ1) is 11.5. The molecule has 0 aromatic rings. The maximum Gasteiger partial charge on any atom is 0.500 e. The maximum absolute atomic E-state index is 12.5. The topological polar surface area (TPSA) is 60.2 Å². The van der Waals surface area contributed by atoms with Crippen LogP contribution in [0.3, 0.4) is 0 Å². The quantitative estimate of drug-likeness (QED) is 0.347. The summed E-state index contributed by atoms with van der Waals surface area (Å²) in [4.78, 5) is 14.7. The first kappa shape index (κ1) is 22.1. The van der Waals surface area contributed by atoms with Crippen LogP contribution in [0.2, 0.25) is 6.04 Å². The monoisotopic (exact) mass is 375 g/mol. The van der Waals surface area contributed by atoms with Crippen LogP contribution >= 0.6 is 0 Å². The zero-order valence-electron chi connectivity index (χ0n) is 17.0. The summed E-state index contributed by atoms with van der Waals surface area (Å²) < 4.78 is 24.0. The van der Waals surface area contributed by atoms with Crippen LogP contribution in [-0.4, -0.2) is 82.7 Å². The molecule has 7 nitrogen and oxygen atoms in total. The molecule has 146 valence electrons. The number of hydrogen-bond donors (Lipinski definition) is 0. The lowest BCUT2D eigenvalue weighted by Gasteiger charge is -2.27. The molecule has 0 atom stereocenters. The Morgan fingerprint density at radius 1 is 1.12 bits per heavy atom. The lowest BCUT2D eigenvalue weighted by molar-refractivity contribution is -0.576. The number of hydrogen-bond acceptors (Lipinski definition) is 6. The van der Waals surface area contributed by atoms with Crippen LogP contribution in [0.5, 0.6) is 0 Å². The maximum atomic E-state index is 12.5. The van der Waals surface area contributed by atoms with Crippen molar-refractivity contribution in [1.29, 1.82) is 0 Å². The van der Waals surface area contributed by atoms with E-state index in [-0.39, 0.29) is 5.97 Å². The van der Waals surface area contributed by atoms with Gasteiger partial charge in [0.2, 0.25) is 6.34 Å². The van der Waals surface area contributed by atoms with Gasteiger partial charge in [0.05, 0.1) is 6.54 Å². The molecular weight excluding hydrogens is 340 g/mol. The van der Waals surface area contributed by atoms with E-state index in [1.807, 2.05) is 41.0 Å². The molecule has 1 aliphatic rings. The van der Waals surface area contributed by atoms with Gasteiger partial charge in [0, 0.05) is 27.4 Å². The summed E-state index contributed by atoms with van der Waals surface area (Å²) in [5.74, 6) is -0.206. The Hall–Kier alpha value is -0.963. The molecule has 0 spiro atoms. The summed E-state index contributed by atoms with van der Waals surface area (Å²) >= 11 is 0. The number of rotatable bonds is 9. The van der Waals surface area contributed by atoms with Crippen molar-refractivity contribution >= 4 is 21.1 Å². The Kier molecular flexibility index (Phi) is 7.61. The standard InChI is InChI=1S/C17H35N2O5Si/c1-16(2,3)24-15(20)17(4,5)19-12-11-18(14-19)10-9-13-25(21-6,22-7)23-8/h14H,9-13H2,1-8H3/q+1. The molecule has 1 rings (SSSR count). The third-order valence-corrected chi connectivity index (χ3v) is 7.24. The molecule has 1 aliphatic heterocycles. The van der Waals surface area contributed by atoms with Crippen molar-refractivity contribution < 1.29 is 27.4 Å². The number of nitrogens with zero attached hydrogens (tertiary/aromatic N) is 2. The number of carbonyl (C=O) groups excluding carboxylic acids is 1. The molecule has 1 heterocycles. The van der Waals surface area contributed by atoms with Gasteiger partial charge in [-0.05, 0) is 41.0 Å². The van der Waals surface area contributed by atoms with E-state index in [2.05, 4.69) is 9.48 Å². The van der Waals surface area contributed by atoms with E-state index in [0.717, 1.165) is 32.1 Å². The summed E-state index contributed by atoms with van der Waals surface area (Å²) in [5, 5.41) is 0. The summed E-state index contributed by atoms with van der Waals surface area (Å²) in [7, 11) is 2.38. The fourth-order valence-corrected chi connectivity index (χ4v) is 4.42. The first-order valence-corrected chi connectivity index (χ1v) is 10.7. The molecule has 0 radical (unpaired) electrons. The minimum atomic E-state index is -2.52. The van der Waals surface area contributed by atoms with Gasteiger partial charge in [-0.2, -0.15) is 0 Å². The van der Waals surface area contributed by atoms with Crippen molar-refractivity contribution in [3.8, 4) is 0 Å². The number of carbonyl (C=O) groups is 1. The van der Waals surface area contributed by atoms with Gasteiger partial charge in [0.1, 0.15) is 18.7 Å². The van der Waals surface area contributed by atoms with Crippen LogP contribution in [0.4, 0.5) is 0 Å². The van der Waals surface area contributed by atoms with Crippen molar-refractivity contribution in [3.63, 3.8) is 0 Å². The third kappa shape index (κ3) is 6.05. The highest BCUT2D eigenvalue weighted by atomic mass is 28.4. The van der Waals surface area contributed by atoms with Crippen LogP contribution in [0, 0.1) is 0 Å². The number of ether oxygens (including phenoxy) is 1. The Bertz CT molecular complexity index is 476. The molecule has 0 amide bonds. The van der Waals surface area contributed by atoms with E-state index < -0.39 is 19.9 Å². The van der Waals surface area contributed by atoms with E-state index in [9.17, 15) is 4.79 Å². The lowest BCUT2D eigenvalue weighted by atomic mass is 10.0. The van der Waals surface area contributed by atoms with Crippen LogP contribution in [0.1, 0.15) is 41.0 Å². The predicted octanol–water partition coefficient (Wildman–Crippen LogP) is 1.73. The molecule has 8 heteroatoms. The summed E-state index contributed by atoms with van der Waals surface area (Å²) in [5.41, 5.74) is -1.17. The van der Waals surface area contributed by atoms with Gasteiger partial charge in [0.25, 0.3) is 0 Å². The highest BCUT2D eigenvalue weighted by Crippen LogP contribution is 2.20. The molecule has 0 saturated heterocycles. The first-order valence-electron chi connectivity index (χ1n) is 8.74. The molecule has 0 bridgehead atoms. The van der Waals surface area contributed by atoms with Gasteiger partial charge in [-0.1, -0.05) is 0 Å². The minimum absolute atomic E-state index is 0.206. The predicted molar refractivity (Wildman–Crippen MR) is 98.9 cm³/mol. The summed E-state index contributed by atoms with van der Waals surface area (Å²) in [6, 6.07) is 0.760. The van der Waals surface area contributed by atoms with E-state index in [4.69, 9.17) is 18.0 Å². The minimum Gasteiger partial charge on any atom is -0.457 e. The molecular formula is C17H35N2O5Si+. The highest BCUT2D eigenvalue weighted by molar-refractivity contribution is 6.60. The second-order valence-electron chi connectivity index (χ2n) is 7.80. The molecule has 0 unspecified atom stereocenters. The fourth-order valence-electron chi connectivity index (χ4n) is 2.72. The Morgan fingerprint density at radius 2 is 1.68 bits per heavy atom. The van der Waals surface area contributed by atoms with Gasteiger partial charge in [-0.25, -0.2) is 9.37 Å². The van der Waals surface area contributed by atoms with E-state index in [1.165, 1.54) is 0 Å². The molecule has 0 saturated carbocycles. The largest absolute Gasteiger partial charge is 0.500 e. The molecule has 0 N–H and O–H groups in total. The van der Waals surface area contributed by atoms with Gasteiger partial charge in [-0.3, -0.25) is 4.90 Å². The Morgan fingerprint density at radius 3 is 2.16 bits per heavy atom. The average Bonchev–Trinajstić information content (AvgIpc) is 3.00. The van der Waals surface area contributed by atoms with Crippen molar-refractivity contribution in [2.24, 2.45) is 0 Å². The molecule has 0 aromatic heterocycles. The van der Waals surface area contributed by atoms with E-state index in [1.54, 1.807) is 21.3 Å². The third-order valence-electron chi connectivity index (χ3n) is 4.41. The fraction of sp³-hybridized carbons (Fsp3) is 0.882. The van der Waals surface area contributed by atoms with Crippen LogP contribution in [0.25, 0.3) is 0 Å². The Balaban J connectivity index is 2.62.